The van der Waals surface area contributed by atoms with Crippen molar-refractivity contribution >= 4 is 0 Å². The molecule has 20 heavy (non-hydrogen) atoms. The lowest BCUT2D eigenvalue weighted by molar-refractivity contribution is 0.0964. The van der Waals surface area contributed by atoms with Gasteiger partial charge in [0.15, 0.2) is 0 Å². The highest BCUT2D eigenvalue weighted by molar-refractivity contribution is 5.20. The molecule has 1 saturated carbocycles. The van der Waals surface area contributed by atoms with Crippen molar-refractivity contribution < 1.29 is 4.74 Å². The molecule has 1 N–H and O–H groups in total. The summed E-state index contributed by atoms with van der Waals surface area (Å²) < 4.78 is 6.04. The number of hydrogen-bond donors (Lipinski definition) is 1. The first kappa shape index (κ1) is 15.3. The standard InChI is InChI=1S/C17H28N2O/c1-5-18-14(4)15-7-9-17(19-11-15)20-16-8-6-12(2)13(3)10-16/h7,9,11-14,16,18H,5-6,8,10H2,1-4H3. The summed E-state index contributed by atoms with van der Waals surface area (Å²) in [6.07, 6.45) is 5.84. The van der Waals surface area contributed by atoms with Crippen molar-refractivity contribution in [3.63, 3.8) is 0 Å². The molecular formula is C17H28N2O. The normalized spacial score (nSPS) is 28.1. The molecule has 0 aromatic carbocycles. The van der Waals surface area contributed by atoms with E-state index in [1.807, 2.05) is 12.3 Å². The van der Waals surface area contributed by atoms with Crippen LogP contribution in [0.25, 0.3) is 0 Å². The number of pyridine rings is 1. The van der Waals surface area contributed by atoms with Crippen molar-refractivity contribution in [3.05, 3.63) is 23.9 Å². The summed E-state index contributed by atoms with van der Waals surface area (Å²) in [4.78, 5) is 4.46. The minimum Gasteiger partial charge on any atom is -0.474 e. The van der Waals surface area contributed by atoms with Crippen molar-refractivity contribution in [1.82, 2.24) is 10.3 Å². The first-order valence-corrected chi connectivity index (χ1v) is 7.96. The van der Waals surface area contributed by atoms with Gasteiger partial charge in [-0.2, -0.15) is 0 Å². The van der Waals surface area contributed by atoms with Crippen molar-refractivity contribution in [2.24, 2.45) is 11.8 Å². The van der Waals surface area contributed by atoms with Gasteiger partial charge in [0.2, 0.25) is 5.88 Å². The Kier molecular flexibility index (Phi) is 5.41. The molecule has 4 atom stereocenters. The highest BCUT2D eigenvalue weighted by Crippen LogP contribution is 2.31. The Hall–Kier alpha value is -1.09. The zero-order valence-corrected chi connectivity index (χ0v) is 13.2. The predicted octanol–water partition coefficient (Wildman–Crippen LogP) is 3.96. The van der Waals surface area contributed by atoms with Crippen LogP contribution in [0.15, 0.2) is 18.3 Å². The zero-order valence-electron chi connectivity index (χ0n) is 13.2. The fourth-order valence-electron chi connectivity index (χ4n) is 2.92. The Balaban J connectivity index is 1.90. The molecule has 1 aliphatic rings. The van der Waals surface area contributed by atoms with E-state index in [4.69, 9.17) is 4.74 Å². The molecule has 0 amide bonds. The third-order valence-corrected chi connectivity index (χ3v) is 4.61. The maximum absolute atomic E-state index is 6.04. The van der Waals surface area contributed by atoms with Gasteiger partial charge in [-0.1, -0.05) is 26.8 Å². The van der Waals surface area contributed by atoms with E-state index in [2.05, 4.69) is 44.1 Å². The van der Waals surface area contributed by atoms with Crippen LogP contribution in [-0.2, 0) is 0 Å². The summed E-state index contributed by atoms with van der Waals surface area (Å²) in [6, 6.07) is 4.47. The maximum Gasteiger partial charge on any atom is 0.213 e. The Bertz CT molecular complexity index is 404. The summed E-state index contributed by atoms with van der Waals surface area (Å²) in [5, 5.41) is 3.39. The van der Waals surface area contributed by atoms with E-state index in [9.17, 15) is 0 Å². The molecule has 1 aromatic heterocycles. The third-order valence-electron chi connectivity index (χ3n) is 4.61. The van der Waals surface area contributed by atoms with Gasteiger partial charge in [0, 0.05) is 18.3 Å². The Morgan fingerprint density at radius 3 is 2.70 bits per heavy atom. The van der Waals surface area contributed by atoms with Crippen molar-refractivity contribution in [1.29, 1.82) is 0 Å². The second-order valence-electron chi connectivity index (χ2n) is 6.22. The third kappa shape index (κ3) is 3.95. The SMILES string of the molecule is CCNC(C)c1ccc(OC2CCC(C)C(C)C2)nc1. The van der Waals surface area contributed by atoms with Gasteiger partial charge in [0.1, 0.15) is 6.10 Å². The molecule has 0 bridgehead atoms. The van der Waals surface area contributed by atoms with Crippen LogP contribution >= 0.6 is 0 Å². The Morgan fingerprint density at radius 1 is 1.30 bits per heavy atom. The number of ether oxygens (including phenoxy) is 1. The summed E-state index contributed by atoms with van der Waals surface area (Å²) in [6.45, 7) is 9.92. The van der Waals surface area contributed by atoms with Crippen LogP contribution in [-0.4, -0.2) is 17.6 Å². The van der Waals surface area contributed by atoms with Crippen LogP contribution in [0.3, 0.4) is 0 Å². The lowest BCUT2D eigenvalue weighted by Crippen LogP contribution is -2.29. The molecule has 1 heterocycles. The quantitative estimate of drug-likeness (QED) is 0.884. The molecule has 1 aromatic rings. The lowest BCUT2D eigenvalue weighted by atomic mass is 9.80. The summed E-state index contributed by atoms with van der Waals surface area (Å²) >= 11 is 0. The lowest BCUT2D eigenvalue weighted by Gasteiger charge is -2.31. The van der Waals surface area contributed by atoms with E-state index in [-0.39, 0.29) is 0 Å². The topological polar surface area (TPSA) is 34.1 Å². The zero-order chi connectivity index (χ0) is 14.5. The number of aromatic nitrogens is 1. The first-order valence-electron chi connectivity index (χ1n) is 7.96. The molecule has 3 nitrogen and oxygen atoms in total. The molecule has 0 spiro atoms. The maximum atomic E-state index is 6.04. The highest BCUT2D eigenvalue weighted by Gasteiger charge is 2.25. The van der Waals surface area contributed by atoms with E-state index in [1.54, 1.807) is 0 Å². The van der Waals surface area contributed by atoms with Crippen LogP contribution in [0.5, 0.6) is 5.88 Å². The molecule has 2 rings (SSSR count). The van der Waals surface area contributed by atoms with Crippen LogP contribution < -0.4 is 10.1 Å². The van der Waals surface area contributed by atoms with Gasteiger partial charge in [-0.25, -0.2) is 4.98 Å². The van der Waals surface area contributed by atoms with Gasteiger partial charge in [0.25, 0.3) is 0 Å². The Morgan fingerprint density at radius 2 is 2.10 bits per heavy atom. The molecule has 0 radical (unpaired) electrons. The van der Waals surface area contributed by atoms with Gasteiger partial charge in [-0.05, 0) is 50.1 Å². The van der Waals surface area contributed by atoms with Crippen molar-refractivity contribution in [2.45, 2.75) is 59.1 Å². The summed E-state index contributed by atoms with van der Waals surface area (Å²) in [5.41, 5.74) is 1.21. The van der Waals surface area contributed by atoms with Gasteiger partial charge in [0.05, 0.1) is 0 Å². The van der Waals surface area contributed by atoms with E-state index in [0.717, 1.165) is 37.1 Å². The van der Waals surface area contributed by atoms with Crippen molar-refractivity contribution in [3.8, 4) is 5.88 Å². The van der Waals surface area contributed by atoms with Crippen LogP contribution in [0, 0.1) is 11.8 Å². The Labute approximate surface area is 123 Å². The molecular weight excluding hydrogens is 248 g/mol. The van der Waals surface area contributed by atoms with Gasteiger partial charge < -0.3 is 10.1 Å². The minimum absolute atomic E-state index is 0.339. The fourth-order valence-corrected chi connectivity index (χ4v) is 2.92. The summed E-state index contributed by atoms with van der Waals surface area (Å²) in [5.74, 6) is 2.34. The second-order valence-corrected chi connectivity index (χ2v) is 6.22. The van der Waals surface area contributed by atoms with Crippen LogP contribution in [0.2, 0.25) is 0 Å². The van der Waals surface area contributed by atoms with E-state index >= 15 is 0 Å². The molecule has 0 saturated heterocycles. The molecule has 0 aliphatic heterocycles. The first-order chi connectivity index (χ1) is 9.60. The number of rotatable bonds is 5. The van der Waals surface area contributed by atoms with Crippen LogP contribution in [0.1, 0.15) is 58.6 Å². The number of hydrogen-bond acceptors (Lipinski definition) is 3. The van der Waals surface area contributed by atoms with Gasteiger partial charge >= 0.3 is 0 Å². The van der Waals surface area contributed by atoms with Crippen molar-refractivity contribution in [2.75, 3.05) is 6.54 Å². The van der Waals surface area contributed by atoms with E-state index < -0.39 is 0 Å². The van der Waals surface area contributed by atoms with Crippen LogP contribution in [0.4, 0.5) is 0 Å². The fraction of sp³-hybridized carbons (Fsp3) is 0.706. The molecule has 1 fully saturated rings. The van der Waals surface area contributed by atoms with Gasteiger partial charge in [-0.3, -0.25) is 0 Å². The average molecular weight is 276 g/mol. The largest absolute Gasteiger partial charge is 0.474 e. The smallest absolute Gasteiger partial charge is 0.213 e. The summed E-state index contributed by atoms with van der Waals surface area (Å²) in [7, 11) is 0. The van der Waals surface area contributed by atoms with E-state index in [1.165, 1.54) is 12.0 Å². The molecule has 112 valence electrons. The number of nitrogens with one attached hydrogen (secondary N) is 1. The van der Waals surface area contributed by atoms with Gasteiger partial charge in [-0.15, -0.1) is 0 Å². The average Bonchev–Trinajstić information content (AvgIpc) is 2.44. The second kappa shape index (κ2) is 7.07. The highest BCUT2D eigenvalue weighted by atomic mass is 16.5. The monoisotopic (exact) mass is 276 g/mol. The molecule has 3 heteroatoms. The molecule has 1 aliphatic carbocycles. The minimum atomic E-state index is 0.339. The number of nitrogens with zero attached hydrogens (tertiary/aromatic N) is 1. The molecule has 4 unspecified atom stereocenters. The van der Waals surface area contributed by atoms with E-state index in [0.29, 0.717) is 12.1 Å². The predicted molar refractivity (Wildman–Crippen MR) is 82.9 cm³/mol.